The molecule has 2 aromatic carbocycles. The van der Waals surface area contributed by atoms with E-state index in [0.717, 1.165) is 30.3 Å². The van der Waals surface area contributed by atoms with E-state index < -0.39 is 70.1 Å². The fourth-order valence-corrected chi connectivity index (χ4v) is 3.81. The maximum absolute atomic E-state index is 14.5. The lowest BCUT2D eigenvalue weighted by atomic mass is 10.00. The van der Waals surface area contributed by atoms with Crippen molar-refractivity contribution in [3.05, 3.63) is 92.9 Å². The summed E-state index contributed by atoms with van der Waals surface area (Å²) in [6.07, 6.45) is -4.78. The van der Waals surface area contributed by atoms with Crippen molar-refractivity contribution < 1.29 is 40.6 Å². The number of nitrogens with one attached hydrogen (secondary N) is 2. The summed E-state index contributed by atoms with van der Waals surface area (Å²) in [5.41, 5.74) is -5.55. The van der Waals surface area contributed by atoms with Crippen LogP contribution in [0.4, 0.5) is 30.7 Å². The van der Waals surface area contributed by atoms with Gasteiger partial charge in [-0.2, -0.15) is 13.2 Å². The van der Waals surface area contributed by atoms with E-state index in [1.807, 2.05) is 0 Å². The highest BCUT2D eigenvalue weighted by molar-refractivity contribution is 5.98. The number of aromatic amines is 1. The molecular formula is C24H17F7N4O3. The van der Waals surface area contributed by atoms with Crippen LogP contribution in [0.15, 0.2) is 53.5 Å². The van der Waals surface area contributed by atoms with E-state index in [-0.39, 0.29) is 17.0 Å². The maximum atomic E-state index is 14.5. The number of hydrogen-bond donors (Lipinski definition) is 3. The van der Waals surface area contributed by atoms with Crippen molar-refractivity contribution >= 4 is 11.4 Å². The highest BCUT2D eigenvalue weighted by Crippen LogP contribution is 2.37. The van der Waals surface area contributed by atoms with Gasteiger partial charge >= 0.3 is 6.18 Å². The molecule has 4 aromatic rings. The highest BCUT2D eigenvalue weighted by atomic mass is 19.4. The number of fused-ring (bicyclic) bond motifs is 1. The number of amides is 1. The van der Waals surface area contributed by atoms with Gasteiger partial charge in [0.15, 0.2) is 5.82 Å². The number of aliphatic hydroxyl groups excluding tert-OH is 1. The van der Waals surface area contributed by atoms with E-state index in [0.29, 0.717) is 10.7 Å². The molecule has 3 N–H and O–H groups in total. The second-order valence-corrected chi connectivity index (χ2v) is 8.35. The normalized spacial score (nSPS) is 13.1. The summed E-state index contributed by atoms with van der Waals surface area (Å²) >= 11 is 0. The maximum Gasteiger partial charge on any atom is 0.419 e. The van der Waals surface area contributed by atoms with Gasteiger partial charge in [-0.25, -0.2) is 22.1 Å². The van der Waals surface area contributed by atoms with Crippen LogP contribution in [0.25, 0.3) is 16.9 Å². The van der Waals surface area contributed by atoms with Crippen LogP contribution in [-0.4, -0.2) is 38.1 Å². The Hall–Kier alpha value is -4.20. The average Bonchev–Trinajstić information content (AvgIpc) is 3.26. The summed E-state index contributed by atoms with van der Waals surface area (Å²) in [4.78, 5) is 27.7. The Morgan fingerprint density at radius 3 is 2.34 bits per heavy atom. The van der Waals surface area contributed by atoms with Gasteiger partial charge in [0.05, 0.1) is 5.56 Å². The zero-order valence-corrected chi connectivity index (χ0v) is 19.2. The first-order valence-corrected chi connectivity index (χ1v) is 10.8. The molecule has 200 valence electrons. The quantitative estimate of drug-likeness (QED) is 0.315. The molecule has 7 nitrogen and oxygen atoms in total. The summed E-state index contributed by atoms with van der Waals surface area (Å²) < 4.78 is 98.8. The van der Waals surface area contributed by atoms with Crippen LogP contribution >= 0.6 is 0 Å². The van der Waals surface area contributed by atoms with Crippen molar-refractivity contribution in [1.29, 1.82) is 0 Å². The van der Waals surface area contributed by atoms with Gasteiger partial charge < -0.3 is 15.4 Å². The van der Waals surface area contributed by atoms with Gasteiger partial charge in [-0.15, -0.1) is 5.10 Å². The number of carbonyl (C=O) groups excluding carboxylic acids is 1. The molecule has 0 bridgehead atoms. The number of aromatic nitrogens is 3. The van der Waals surface area contributed by atoms with Gasteiger partial charge in [-0.05, 0) is 36.2 Å². The predicted octanol–water partition coefficient (Wildman–Crippen LogP) is 4.39. The number of nitrogens with zero attached hydrogens (tertiary/aromatic N) is 2. The van der Waals surface area contributed by atoms with Gasteiger partial charge in [0.2, 0.25) is 0 Å². The minimum atomic E-state index is -5.31. The molecule has 0 saturated heterocycles. The minimum Gasteiger partial charge on any atom is -0.390 e. The first-order chi connectivity index (χ1) is 17.7. The first-order valence-electron chi connectivity index (χ1n) is 10.8. The van der Waals surface area contributed by atoms with Crippen molar-refractivity contribution in [1.82, 2.24) is 19.9 Å². The number of benzene rings is 2. The third-order valence-corrected chi connectivity index (χ3v) is 5.73. The molecule has 1 amide bonds. The molecule has 14 heteroatoms. The van der Waals surface area contributed by atoms with Crippen LogP contribution in [0.3, 0.4) is 0 Å². The largest absolute Gasteiger partial charge is 0.419 e. The number of hydrogen-bond acceptors (Lipinski definition) is 4. The third kappa shape index (κ3) is 4.98. The van der Waals surface area contributed by atoms with Gasteiger partial charge in [0.1, 0.15) is 35.4 Å². The van der Waals surface area contributed by atoms with Crippen molar-refractivity contribution in [3.63, 3.8) is 0 Å². The molecule has 0 saturated carbocycles. The zero-order chi connectivity index (χ0) is 28.0. The second kappa shape index (κ2) is 9.59. The highest BCUT2D eigenvalue weighted by Gasteiger charge is 2.44. The molecule has 1 atom stereocenters. The Labute approximate surface area is 208 Å². The van der Waals surface area contributed by atoms with E-state index in [4.69, 9.17) is 5.11 Å². The number of H-pyrrole nitrogens is 1. The van der Waals surface area contributed by atoms with Crippen LogP contribution in [0, 0.1) is 18.6 Å². The van der Waals surface area contributed by atoms with Crippen molar-refractivity contribution in [2.75, 3.05) is 6.61 Å². The predicted molar refractivity (Wildman–Crippen MR) is 120 cm³/mol. The molecule has 0 spiro atoms. The average molecular weight is 542 g/mol. The zero-order valence-electron chi connectivity index (χ0n) is 19.2. The van der Waals surface area contributed by atoms with Gasteiger partial charge in [0, 0.05) is 11.8 Å². The molecular weight excluding hydrogens is 525 g/mol. The van der Waals surface area contributed by atoms with Crippen molar-refractivity contribution in [3.8, 4) is 11.4 Å². The lowest BCUT2D eigenvalue weighted by Crippen LogP contribution is -2.43. The SMILES string of the molecule is Cc1ccc(-c2nn3cc(C(=O)N[C@@H](c4ccc(F)cc4)C(F)(F)CO)c(C(F)(F)F)c3c(=O)[nH]2)cc1F. The molecule has 38 heavy (non-hydrogen) atoms. The number of aliphatic hydroxyl groups is 1. The first kappa shape index (κ1) is 26.9. The van der Waals surface area contributed by atoms with Gasteiger partial charge in [-0.3, -0.25) is 9.59 Å². The number of carbonyl (C=O) groups is 1. The van der Waals surface area contributed by atoms with E-state index >= 15 is 0 Å². The van der Waals surface area contributed by atoms with Crippen LogP contribution < -0.4 is 10.9 Å². The minimum absolute atomic E-state index is 0.0133. The molecule has 0 aliphatic rings. The molecule has 0 fully saturated rings. The van der Waals surface area contributed by atoms with E-state index in [9.17, 15) is 40.3 Å². The summed E-state index contributed by atoms with van der Waals surface area (Å²) in [6, 6.07) is 4.64. The molecule has 2 aromatic heterocycles. The van der Waals surface area contributed by atoms with Crippen LogP contribution in [-0.2, 0) is 6.18 Å². The molecule has 4 rings (SSSR count). The number of aryl methyl sites for hydroxylation is 1. The van der Waals surface area contributed by atoms with Crippen LogP contribution in [0.5, 0.6) is 0 Å². The van der Waals surface area contributed by atoms with Crippen LogP contribution in [0.2, 0.25) is 0 Å². The van der Waals surface area contributed by atoms with E-state index in [1.54, 1.807) is 5.32 Å². The molecule has 0 unspecified atom stereocenters. The van der Waals surface area contributed by atoms with Crippen molar-refractivity contribution in [2.45, 2.75) is 25.1 Å². The Morgan fingerprint density at radius 1 is 1.11 bits per heavy atom. The van der Waals surface area contributed by atoms with E-state index in [2.05, 4.69) is 10.1 Å². The summed E-state index contributed by atoms with van der Waals surface area (Å²) in [6.45, 7) is -0.332. The molecule has 0 aliphatic carbocycles. The molecule has 0 radical (unpaired) electrons. The van der Waals surface area contributed by atoms with Gasteiger partial charge in [0.25, 0.3) is 17.4 Å². The standard InChI is InChI=1S/C24H17F7N4O3/c1-11-2-3-13(8-16(11)26)20-33-22(38)18-17(24(29,30)31)15(9-35(18)34-20)21(37)32-19(23(27,28)10-36)12-4-6-14(25)7-5-12/h2-9,19,36H,10H2,1H3,(H,32,37)(H,33,34,38)/t19-/m0/s1. The fourth-order valence-electron chi connectivity index (χ4n) is 3.81. The smallest absolute Gasteiger partial charge is 0.390 e. The Morgan fingerprint density at radius 2 is 1.76 bits per heavy atom. The summed E-state index contributed by atoms with van der Waals surface area (Å²) in [5.74, 6) is -7.55. The lowest BCUT2D eigenvalue weighted by Gasteiger charge is -2.26. The number of rotatable bonds is 6. The van der Waals surface area contributed by atoms with Crippen LogP contribution in [0.1, 0.15) is 33.1 Å². The Balaban J connectivity index is 1.85. The fraction of sp³-hybridized carbons (Fsp3) is 0.208. The topological polar surface area (TPSA) is 99.5 Å². The molecule has 2 heterocycles. The van der Waals surface area contributed by atoms with E-state index in [1.165, 1.54) is 19.1 Å². The summed E-state index contributed by atoms with van der Waals surface area (Å²) in [7, 11) is 0. The second-order valence-electron chi connectivity index (χ2n) is 8.35. The Bertz CT molecular complexity index is 1580. The number of alkyl halides is 5. The molecule has 0 aliphatic heterocycles. The number of halogens is 7. The summed E-state index contributed by atoms with van der Waals surface area (Å²) in [5, 5.41) is 14.7. The third-order valence-electron chi connectivity index (χ3n) is 5.73. The van der Waals surface area contributed by atoms with Crippen molar-refractivity contribution in [2.24, 2.45) is 0 Å². The van der Waals surface area contributed by atoms with Gasteiger partial charge in [-0.1, -0.05) is 24.3 Å². The Kier molecular flexibility index (Phi) is 6.78. The lowest BCUT2D eigenvalue weighted by molar-refractivity contribution is -0.136. The monoisotopic (exact) mass is 542 g/mol.